The first-order valence-corrected chi connectivity index (χ1v) is 4.51. The Morgan fingerprint density at radius 1 is 1.43 bits per heavy atom. The van der Waals surface area contributed by atoms with Gasteiger partial charge in [0, 0.05) is 12.2 Å². The smallest absolute Gasteiger partial charge is 0.312 e. The highest BCUT2D eigenvalue weighted by atomic mass is 16.4. The molecular weight excluding hydrogens is 178 g/mol. The van der Waals surface area contributed by atoms with Crippen LogP contribution >= 0.6 is 0 Å². The quantitative estimate of drug-likeness (QED) is 0.708. The largest absolute Gasteiger partial charge is 0.481 e. The second-order valence-electron chi connectivity index (χ2n) is 3.27. The van der Waals surface area contributed by atoms with Gasteiger partial charge in [0.05, 0.1) is 5.92 Å². The predicted molar refractivity (Wildman–Crippen MR) is 55.1 cm³/mol. The minimum absolute atomic E-state index is 0.442. The summed E-state index contributed by atoms with van der Waals surface area (Å²) in [6, 6.07) is 7.78. The molecule has 1 aromatic carbocycles. The molecule has 0 amide bonds. The number of hydrogen-bond donors (Lipinski definition) is 2. The van der Waals surface area contributed by atoms with E-state index in [0.29, 0.717) is 6.54 Å². The van der Waals surface area contributed by atoms with E-state index >= 15 is 0 Å². The fraction of sp³-hybridized carbons (Fsp3) is 0.182. The summed E-state index contributed by atoms with van der Waals surface area (Å²) >= 11 is 0. The Labute approximate surface area is 82.1 Å². The first kappa shape index (κ1) is 8.81. The number of fused-ring (bicyclic) bond motifs is 1. The van der Waals surface area contributed by atoms with Gasteiger partial charge >= 0.3 is 5.97 Å². The van der Waals surface area contributed by atoms with Gasteiger partial charge in [-0.25, -0.2) is 0 Å². The molecule has 14 heavy (non-hydrogen) atoms. The molecule has 0 bridgehead atoms. The SMILES string of the molecule is O=C(O)C1C=Cc2ccccc2NC1. The van der Waals surface area contributed by atoms with Gasteiger partial charge in [-0.05, 0) is 11.6 Å². The first-order valence-electron chi connectivity index (χ1n) is 4.51. The molecule has 0 spiro atoms. The maximum absolute atomic E-state index is 10.8. The van der Waals surface area contributed by atoms with Gasteiger partial charge in [-0.1, -0.05) is 30.4 Å². The van der Waals surface area contributed by atoms with E-state index in [1.54, 1.807) is 6.08 Å². The molecule has 3 heteroatoms. The summed E-state index contributed by atoms with van der Waals surface area (Å²) in [5, 5.41) is 12.0. The van der Waals surface area contributed by atoms with E-state index < -0.39 is 11.9 Å². The van der Waals surface area contributed by atoms with Crippen molar-refractivity contribution in [3.05, 3.63) is 35.9 Å². The lowest BCUT2D eigenvalue weighted by atomic mass is 10.1. The number of nitrogens with one attached hydrogen (secondary N) is 1. The normalized spacial score (nSPS) is 19.3. The zero-order chi connectivity index (χ0) is 9.97. The van der Waals surface area contributed by atoms with Crippen LogP contribution in [0, 0.1) is 5.92 Å². The van der Waals surface area contributed by atoms with Crippen LogP contribution in [0.1, 0.15) is 5.56 Å². The summed E-state index contributed by atoms with van der Waals surface area (Å²) in [5.74, 6) is -1.23. The molecular formula is C11H11NO2. The summed E-state index contributed by atoms with van der Waals surface area (Å²) in [6.07, 6.45) is 3.58. The molecule has 0 fully saturated rings. The lowest BCUT2D eigenvalue weighted by Gasteiger charge is -2.08. The molecule has 1 aromatic rings. The molecule has 2 rings (SSSR count). The number of carbonyl (C=O) groups is 1. The van der Waals surface area contributed by atoms with Crippen LogP contribution in [-0.4, -0.2) is 17.6 Å². The minimum atomic E-state index is -0.790. The molecule has 2 N–H and O–H groups in total. The number of anilines is 1. The Hall–Kier alpha value is -1.77. The van der Waals surface area contributed by atoms with Crippen LogP contribution in [0.25, 0.3) is 6.08 Å². The Morgan fingerprint density at radius 3 is 3.00 bits per heavy atom. The molecule has 0 aliphatic carbocycles. The highest BCUT2D eigenvalue weighted by Gasteiger charge is 2.16. The van der Waals surface area contributed by atoms with Crippen LogP contribution < -0.4 is 5.32 Å². The van der Waals surface area contributed by atoms with Crippen LogP contribution in [-0.2, 0) is 4.79 Å². The van der Waals surface area contributed by atoms with Crippen molar-refractivity contribution in [2.45, 2.75) is 0 Å². The molecule has 1 unspecified atom stereocenters. The average molecular weight is 189 g/mol. The first-order chi connectivity index (χ1) is 6.77. The van der Waals surface area contributed by atoms with Crippen LogP contribution in [0.5, 0.6) is 0 Å². The number of para-hydroxylation sites is 1. The van der Waals surface area contributed by atoms with Gasteiger partial charge in [-0.2, -0.15) is 0 Å². The molecule has 0 saturated carbocycles. The molecule has 1 heterocycles. The zero-order valence-corrected chi connectivity index (χ0v) is 7.60. The predicted octanol–water partition coefficient (Wildman–Crippen LogP) is 1.83. The van der Waals surface area contributed by atoms with E-state index in [2.05, 4.69) is 5.32 Å². The van der Waals surface area contributed by atoms with E-state index in [1.807, 2.05) is 30.3 Å². The van der Waals surface area contributed by atoms with Gasteiger partial charge in [0.1, 0.15) is 0 Å². The molecule has 0 saturated heterocycles. The molecule has 72 valence electrons. The average Bonchev–Trinajstić information content (AvgIpc) is 2.39. The van der Waals surface area contributed by atoms with E-state index in [9.17, 15) is 4.79 Å². The lowest BCUT2D eigenvalue weighted by molar-refractivity contribution is -0.139. The molecule has 1 aliphatic rings. The second kappa shape index (κ2) is 3.54. The van der Waals surface area contributed by atoms with Crippen LogP contribution in [0.4, 0.5) is 5.69 Å². The van der Waals surface area contributed by atoms with Crippen molar-refractivity contribution in [3.8, 4) is 0 Å². The van der Waals surface area contributed by atoms with Crippen LogP contribution in [0.15, 0.2) is 30.3 Å². The topological polar surface area (TPSA) is 49.3 Å². The van der Waals surface area contributed by atoms with Crippen LogP contribution in [0.3, 0.4) is 0 Å². The summed E-state index contributed by atoms with van der Waals surface area (Å²) < 4.78 is 0. The van der Waals surface area contributed by atoms with Crippen molar-refractivity contribution in [2.24, 2.45) is 5.92 Å². The van der Waals surface area contributed by atoms with E-state index in [-0.39, 0.29) is 0 Å². The Kier molecular flexibility index (Phi) is 2.23. The fourth-order valence-corrected chi connectivity index (χ4v) is 1.48. The molecule has 1 atom stereocenters. The molecule has 0 radical (unpaired) electrons. The highest BCUT2D eigenvalue weighted by Crippen LogP contribution is 2.21. The van der Waals surface area contributed by atoms with Crippen LogP contribution in [0.2, 0.25) is 0 Å². The third-order valence-electron chi connectivity index (χ3n) is 2.30. The number of hydrogen-bond acceptors (Lipinski definition) is 2. The van der Waals surface area contributed by atoms with Gasteiger partial charge in [0.15, 0.2) is 0 Å². The van der Waals surface area contributed by atoms with Gasteiger partial charge in [0.2, 0.25) is 0 Å². The third-order valence-corrected chi connectivity index (χ3v) is 2.30. The Balaban J connectivity index is 2.29. The summed E-state index contributed by atoms with van der Waals surface area (Å²) in [7, 11) is 0. The van der Waals surface area contributed by atoms with Crippen molar-refractivity contribution in [1.29, 1.82) is 0 Å². The number of aliphatic carboxylic acids is 1. The van der Waals surface area contributed by atoms with Crippen molar-refractivity contribution >= 4 is 17.7 Å². The summed E-state index contributed by atoms with van der Waals surface area (Å²) in [4.78, 5) is 10.8. The number of carboxylic acids is 1. The maximum Gasteiger partial charge on any atom is 0.312 e. The zero-order valence-electron chi connectivity index (χ0n) is 7.60. The lowest BCUT2D eigenvalue weighted by Crippen LogP contribution is -2.19. The van der Waals surface area contributed by atoms with Crippen molar-refractivity contribution in [1.82, 2.24) is 0 Å². The molecule has 0 aromatic heterocycles. The number of carboxylic acid groups (broad SMARTS) is 1. The molecule has 1 aliphatic heterocycles. The number of rotatable bonds is 1. The highest BCUT2D eigenvalue weighted by molar-refractivity contribution is 5.78. The van der Waals surface area contributed by atoms with Gasteiger partial charge in [-0.3, -0.25) is 4.79 Å². The van der Waals surface area contributed by atoms with Gasteiger partial charge < -0.3 is 10.4 Å². The Bertz CT molecular complexity index is 385. The standard InChI is InChI=1S/C11H11NO2/c13-11(14)9-6-5-8-3-1-2-4-10(8)12-7-9/h1-6,9,12H,7H2,(H,13,14). The van der Waals surface area contributed by atoms with Crippen molar-refractivity contribution in [3.63, 3.8) is 0 Å². The van der Waals surface area contributed by atoms with Crippen molar-refractivity contribution in [2.75, 3.05) is 11.9 Å². The fourth-order valence-electron chi connectivity index (χ4n) is 1.48. The number of benzene rings is 1. The summed E-state index contributed by atoms with van der Waals surface area (Å²) in [5.41, 5.74) is 2.03. The van der Waals surface area contributed by atoms with Gasteiger partial charge in [-0.15, -0.1) is 0 Å². The summed E-state index contributed by atoms with van der Waals surface area (Å²) in [6.45, 7) is 0.447. The van der Waals surface area contributed by atoms with Crippen molar-refractivity contribution < 1.29 is 9.90 Å². The van der Waals surface area contributed by atoms with E-state index in [4.69, 9.17) is 5.11 Å². The monoisotopic (exact) mass is 189 g/mol. The van der Waals surface area contributed by atoms with E-state index in [1.165, 1.54) is 0 Å². The minimum Gasteiger partial charge on any atom is -0.481 e. The Morgan fingerprint density at radius 2 is 2.21 bits per heavy atom. The molecule has 3 nitrogen and oxygen atoms in total. The maximum atomic E-state index is 10.8. The van der Waals surface area contributed by atoms with E-state index in [0.717, 1.165) is 11.3 Å². The third kappa shape index (κ3) is 1.62. The second-order valence-corrected chi connectivity index (χ2v) is 3.27. The van der Waals surface area contributed by atoms with Gasteiger partial charge in [0.25, 0.3) is 0 Å².